The average Bonchev–Trinajstić information content (AvgIpc) is 2.96. The Morgan fingerprint density at radius 3 is 2.36 bits per heavy atom. The number of para-hydroxylation sites is 1. The van der Waals surface area contributed by atoms with Gasteiger partial charge in [0.05, 0.1) is 0 Å². The third-order valence-corrected chi connectivity index (χ3v) is 4.36. The molecule has 3 rings (SSSR count). The summed E-state index contributed by atoms with van der Waals surface area (Å²) in [6.45, 7) is 5.49. The van der Waals surface area contributed by atoms with Crippen LogP contribution in [-0.4, -0.2) is 36.5 Å². The maximum absolute atomic E-state index is 12.6. The first-order valence-corrected chi connectivity index (χ1v) is 8.56. The van der Waals surface area contributed by atoms with Crippen molar-refractivity contribution in [3.63, 3.8) is 0 Å². The Labute approximate surface area is 148 Å². The second kappa shape index (κ2) is 7.38. The number of nitrogens with zero attached hydrogens (tertiary/aromatic N) is 2. The van der Waals surface area contributed by atoms with Gasteiger partial charge in [-0.1, -0.05) is 44.2 Å². The highest BCUT2D eigenvalue weighted by molar-refractivity contribution is 5.99. The third-order valence-electron chi connectivity index (χ3n) is 4.36. The maximum Gasteiger partial charge on any atom is 0.325 e. The number of anilines is 2. The van der Waals surface area contributed by atoms with Crippen LogP contribution in [0.2, 0.25) is 0 Å². The molecule has 1 fully saturated rings. The molecule has 0 unspecified atom stereocenters. The fourth-order valence-electron chi connectivity index (χ4n) is 2.90. The van der Waals surface area contributed by atoms with Crippen LogP contribution in [0.3, 0.4) is 0 Å². The Hall–Kier alpha value is -2.82. The van der Waals surface area contributed by atoms with E-state index in [1.54, 1.807) is 9.80 Å². The predicted molar refractivity (Wildman–Crippen MR) is 99.9 cm³/mol. The van der Waals surface area contributed by atoms with E-state index in [0.717, 1.165) is 11.4 Å². The Kier molecular flexibility index (Phi) is 5.03. The van der Waals surface area contributed by atoms with E-state index in [1.807, 2.05) is 42.5 Å². The van der Waals surface area contributed by atoms with E-state index in [1.165, 1.54) is 5.56 Å². The quantitative estimate of drug-likeness (QED) is 0.904. The topological polar surface area (TPSA) is 52.6 Å². The van der Waals surface area contributed by atoms with Crippen LogP contribution in [0.1, 0.15) is 25.3 Å². The van der Waals surface area contributed by atoms with Crippen LogP contribution in [0, 0.1) is 0 Å². The molecule has 1 N–H and O–H groups in total. The van der Waals surface area contributed by atoms with Gasteiger partial charge in [-0.25, -0.2) is 4.79 Å². The molecule has 5 heteroatoms. The Morgan fingerprint density at radius 2 is 1.72 bits per heavy atom. The zero-order valence-corrected chi connectivity index (χ0v) is 14.6. The first-order valence-electron chi connectivity index (χ1n) is 8.56. The van der Waals surface area contributed by atoms with E-state index in [-0.39, 0.29) is 18.5 Å². The molecule has 0 aromatic heterocycles. The maximum atomic E-state index is 12.6. The van der Waals surface area contributed by atoms with Crippen LogP contribution in [0.15, 0.2) is 54.6 Å². The van der Waals surface area contributed by atoms with E-state index < -0.39 is 0 Å². The van der Waals surface area contributed by atoms with Gasteiger partial charge >= 0.3 is 6.03 Å². The van der Waals surface area contributed by atoms with Crippen LogP contribution >= 0.6 is 0 Å². The summed E-state index contributed by atoms with van der Waals surface area (Å²) < 4.78 is 0. The highest BCUT2D eigenvalue weighted by atomic mass is 16.2. The molecule has 0 aliphatic carbocycles. The lowest BCUT2D eigenvalue weighted by Gasteiger charge is -2.19. The Morgan fingerprint density at radius 1 is 1.04 bits per heavy atom. The molecule has 0 atom stereocenters. The molecule has 0 radical (unpaired) electrons. The fourth-order valence-corrected chi connectivity index (χ4v) is 2.90. The first-order chi connectivity index (χ1) is 12.0. The first kappa shape index (κ1) is 17.0. The third kappa shape index (κ3) is 3.99. The van der Waals surface area contributed by atoms with E-state index in [2.05, 4.69) is 31.3 Å². The molecule has 2 aromatic carbocycles. The normalized spacial score (nSPS) is 14.3. The SMILES string of the molecule is CC(C)c1ccc(N2CCN(CC(=O)Nc3ccccc3)C2=O)cc1. The van der Waals surface area contributed by atoms with Crippen molar-refractivity contribution in [2.45, 2.75) is 19.8 Å². The van der Waals surface area contributed by atoms with Crippen LogP contribution in [0.5, 0.6) is 0 Å². The molecule has 1 aliphatic heterocycles. The molecule has 130 valence electrons. The van der Waals surface area contributed by atoms with Crippen molar-refractivity contribution >= 4 is 23.3 Å². The van der Waals surface area contributed by atoms with Gasteiger partial charge in [0.2, 0.25) is 5.91 Å². The standard InChI is InChI=1S/C20H23N3O2/c1-15(2)16-8-10-18(11-9-16)23-13-12-22(20(23)25)14-19(24)21-17-6-4-3-5-7-17/h3-11,15H,12-14H2,1-2H3,(H,21,24). The second-order valence-corrected chi connectivity index (χ2v) is 6.52. The summed E-state index contributed by atoms with van der Waals surface area (Å²) in [4.78, 5) is 28.0. The number of carbonyl (C=O) groups is 2. The lowest BCUT2D eigenvalue weighted by atomic mass is 10.0. The number of amides is 3. The molecule has 0 saturated carbocycles. The molecule has 1 saturated heterocycles. The second-order valence-electron chi connectivity index (χ2n) is 6.52. The highest BCUT2D eigenvalue weighted by Gasteiger charge is 2.30. The molecule has 25 heavy (non-hydrogen) atoms. The van der Waals surface area contributed by atoms with Gasteiger partial charge in [-0.3, -0.25) is 9.69 Å². The minimum absolute atomic E-state index is 0.0638. The Balaban J connectivity index is 1.60. The minimum Gasteiger partial charge on any atom is -0.325 e. The summed E-state index contributed by atoms with van der Waals surface area (Å²) in [6, 6.07) is 17.2. The monoisotopic (exact) mass is 337 g/mol. The minimum atomic E-state index is -0.184. The van der Waals surface area contributed by atoms with Crippen LogP contribution in [0.25, 0.3) is 0 Å². The van der Waals surface area contributed by atoms with Gasteiger partial charge in [-0.05, 0) is 35.7 Å². The van der Waals surface area contributed by atoms with E-state index in [9.17, 15) is 9.59 Å². The van der Waals surface area contributed by atoms with Crippen LogP contribution in [0.4, 0.5) is 16.2 Å². The number of nitrogens with one attached hydrogen (secondary N) is 1. The number of rotatable bonds is 5. The molecule has 1 aliphatic rings. The molecule has 3 amide bonds. The molecular formula is C20H23N3O2. The fraction of sp³-hybridized carbons (Fsp3) is 0.300. The largest absolute Gasteiger partial charge is 0.325 e. The summed E-state index contributed by atoms with van der Waals surface area (Å²) in [5.74, 6) is 0.276. The van der Waals surface area contributed by atoms with Crippen LogP contribution < -0.4 is 10.2 Å². The van der Waals surface area contributed by atoms with Gasteiger partial charge in [0.25, 0.3) is 0 Å². The van der Waals surface area contributed by atoms with E-state index in [0.29, 0.717) is 19.0 Å². The van der Waals surface area contributed by atoms with Crippen molar-refractivity contribution in [1.29, 1.82) is 0 Å². The van der Waals surface area contributed by atoms with Gasteiger partial charge in [0.1, 0.15) is 6.54 Å². The van der Waals surface area contributed by atoms with Crippen molar-refractivity contribution in [1.82, 2.24) is 4.90 Å². The molecule has 2 aromatic rings. The summed E-state index contributed by atoms with van der Waals surface area (Å²) in [7, 11) is 0. The van der Waals surface area contributed by atoms with Crippen molar-refractivity contribution in [3.8, 4) is 0 Å². The van der Waals surface area contributed by atoms with Crippen molar-refractivity contribution in [3.05, 3.63) is 60.2 Å². The lowest BCUT2D eigenvalue weighted by molar-refractivity contribution is -0.116. The highest BCUT2D eigenvalue weighted by Crippen LogP contribution is 2.23. The number of hydrogen-bond donors (Lipinski definition) is 1. The van der Waals surface area contributed by atoms with Gasteiger partial charge in [-0.2, -0.15) is 0 Å². The smallest absolute Gasteiger partial charge is 0.325 e. The molecular weight excluding hydrogens is 314 g/mol. The van der Waals surface area contributed by atoms with Gasteiger partial charge in [0, 0.05) is 24.5 Å². The van der Waals surface area contributed by atoms with Crippen molar-refractivity contribution in [2.75, 3.05) is 29.9 Å². The van der Waals surface area contributed by atoms with Crippen molar-refractivity contribution in [2.24, 2.45) is 0 Å². The molecule has 0 bridgehead atoms. The van der Waals surface area contributed by atoms with Crippen LogP contribution in [-0.2, 0) is 4.79 Å². The summed E-state index contributed by atoms with van der Waals surface area (Å²) >= 11 is 0. The number of hydrogen-bond acceptors (Lipinski definition) is 2. The summed E-state index contributed by atoms with van der Waals surface area (Å²) in [5.41, 5.74) is 2.86. The lowest BCUT2D eigenvalue weighted by Crippen LogP contribution is -2.37. The van der Waals surface area contributed by atoms with E-state index in [4.69, 9.17) is 0 Å². The zero-order valence-electron chi connectivity index (χ0n) is 14.6. The summed E-state index contributed by atoms with van der Waals surface area (Å²) in [6.07, 6.45) is 0. The molecule has 0 spiro atoms. The van der Waals surface area contributed by atoms with Gasteiger partial charge in [0.15, 0.2) is 0 Å². The summed E-state index contributed by atoms with van der Waals surface area (Å²) in [5, 5.41) is 2.81. The zero-order chi connectivity index (χ0) is 17.8. The number of benzene rings is 2. The van der Waals surface area contributed by atoms with Gasteiger partial charge < -0.3 is 10.2 Å². The van der Waals surface area contributed by atoms with Gasteiger partial charge in [-0.15, -0.1) is 0 Å². The Bertz CT molecular complexity index is 741. The number of carbonyl (C=O) groups excluding carboxylic acids is 2. The predicted octanol–water partition coefficient (Wildman–Crippen LogP) is 3.69. The molecule has 5 nitrogen and oxygen atoms in total. The molecule has 1 heterocycles. The van der Waals surface area contributed by atoms with Crippen molar-refractivity contribution < 1.29 is 9.59 Å². The number of urea groups is 1. The average molecular weight is 337 g/mol. The van der Waals surface area contributed by atoms with E-state index >= 15 is 0 Å².